The third kappa shape index (κ3) is 5.04. The number of aliphatic hydroxyl groups is 1. The summed E-state index contributed by atoms with van der Waals surface area (Å²) in [6, 6.07) is 25.3. The van der Waals surface area contributed by atoms with Crippen molar-refractivity contribution in [2.24, 2.45) is 5.92 Å². The van der Waals surface area contributed by atoms with Crippen molar-refractivity contribution in [3.05, 3.63) is 114 Å². The molecule has 0 unspecified atom stereocenters. The van der Waals surface area contributed by atoms with Crippen LogP contribution in [-0.4, -0.2) is 60.5 Å². The van der Waals surface area contributed by atoms with Crippen LogP contribution in [0.1, 0.15) is 16.7 Å². The SMILES string of the molecule is COc1ccc(C(O[C@H]2[C@H](F)[C@H]([C@@H]3C=C(F)C(=O)NC3=O)O[C@@]2(CO)CCl)(c2ccccc2)c2ccccc2)cc1. The molecule has 0 spiro atoms. The highest BCUT2D eigenvalue weighted by molar-refractivity contribution is 6.18. The van der Waals surface area contributed by atoms with Crippen LogP contribution < -0.4 is 10.1 Å². The molecule has 5 rings (SSSR count). The highest BCUT2D eigenvalue weighted by Crippen LogP contribution is 2.48. The number of benzene rings is 3. The number of aliphatic hydroxyl groups excluding tert-OH is 1. The maximum atomic E-state index is 16.6. The van der Waals surface area contributed by atoms with Crippen molar-refractivity contribution in [2.45, 2.75) is 29.6 Å². The van der Waals surface area contributed by atoms with E-state index in [1.807, 2.05) is 66.0 Å². The van der Waals surface area contributed by atoms with Crippen molar-refractivity contribution in [3.8, 4) is 5.75 Å². The Kier molecular flexibility index (Phi) is 8.24. The summed E-state index contributed by atoms with van der Waals surface area (Å²) >= 11 is 6.33. The van der Waals surface area contributed by atoms with Gasteiger partial charge >= 0.3 is 0 Å². The van der Waals surface area contributed by atoms with Crippen LogP contribution in [0.25, 0.3) is 0 Å². The molecular formula is C31H28ClF2NO6. The molecule has 3 aromatic rings. The predicted octanol–water partition coefficient (Wildman–Crippen LogP) is 4.21. The monoisotopic (exact) mass is 583 g/mol. The van der Waals surface area contributed by atoms with Gasteiger partial charge in [-0.1, -0.05) is 72.8 Å². The van der Waals surface area contributed by atoms with E-state index < -0.39 is 65.6 Å². The van der Waals surface area contributed by atoms with E-state index in [0.717, 1.165) is 6.08 Å². The van der Waals surface area contributed by atoms with Crippen LogP contribution in [0.15, 0.2) is 96.8 Å². The molecule has 0 aromatic heterocycles. The molecule has 7 nitrogen and oxygen atoms in total. The standard InChI is InChI=1S/C31H28ClF2NO6/c1-39-22-14-12-21(13-15-22)31(19-8-4-2-5-9-19,20-10-6-3-7-11-20)41-27-25(34)26(40-30(27,17-32)18-36)23-16-24(33)29(38)35-28(23)37/h2-16,23,25-27,36H,17-18H2,1H3,(H,35,37,38)/t23-,25+,26-,27-,30+/m0/s1. The second kappa shape index (κ2) is 11.7. The van der Waals surface area contributed by atoms with Gasteiger partial charge in [0.15, 0.2) is 12.0 Å². The predicted molar refractivity (Wildman–Crippen MR) is 147 cm³/mol. The quantitative estimate of drug-likeness (QED) is 0.223. The van der Waals surface area contributed by atoms with E-state index in [1.54, 1.807) is 31.4 Å². The van der Waals surface area contributed by atoms with Crippen molar-refractivity contribution >= 4 is 23.4 Å². The molecule has 2 amide bonds. The number of imide groups is 1. The van der Waals surface area contributed by atoms with Crippen molar-refractivity contribution in [2.75, 3.05) is 19.6 Å². The first kappa shape index (κ1) is 28.9. The van der Waals surface area contributed by atoms with Gasteiger partial charge in [0.25, 0.3) is 5.91 Å². The van der Waals surface area contributed by atoms with Crippen LogP contribution in [0.5, 0.6) is 5.75 Å². The normalized spacial score (nSPS) is 26.4. The van der Waals surface area contributed by atoms with Crippen LogP contribution in [0.2, 0.25) is 0 Å². The Morgan fingerprint density at radius 2 is 1.54 bits per heavy atom. The van der Waals surface area contributed by atoms with E-state index in [4.69, 9.17) is 25.8 Å². The zero-order valence-electron chi connectivity index (χ0n) is 22.0. The van der Waals surface area contributed by atoms with Crippen molar-refractivity contribution in [3.63, 3.8) is 0 Å². The summed E-state index contributed by atoms with van der Waals surface area (Å²) in [4.78, 5) is 24.3. The molecule has 0 bridgehead atoms. The summed E-state index contributed by atoms with van der Waals surface area (Å²) < 4.78 is 49.0. The minimum absolute atomic E-state index is 0.410. The molecule has 2 aliphatic rings. The lowest BCUT2D eigenvalue weighted by Crippen LogP contribution is -2.53. The molecule has 2 aliphatic heterocycles. The van der Waals surface area contributed by atoms with E-state index in [-0.39, 0.29) is 0 Å². The Bertz CT molecular complexity index is 1380. The number of amides is 2. The molecule has 0 aliphatic carbocycles. The van der Waals surface area contributed by atoms with Crippen LogP contribution in [0.3, 0.4) is 0 Å². The first-order valence-electron chi connectivity index (χ1n) is 12.9. The van der Waals surface area contributed by atoms with Gasteiger partial charge in [-0.05, 0) is 34.9 Å². The average Bonchev–Trinajstić information content (AvgIpc) is 3.29. The van der Waals surface area contributed by atoms with Gasteiger partial charge in [0.05, 0.1) is 25.5 Å². The van der Waals surface area contributed by atoms with E-state index >= 15 is 4.39 Å². The highest BCUT2D eigenvalue weighted by Gasteiger charge is 2.61. The fourth-order valence-electron chi connectivity index (χ4n) is 5.46. The van der Waals surface area contributed by atoms with E-state index in [0.29, 0.717) is 22.4 Å². The van der Waals surface area contributed by atoms with Crippen LogP contribution in [0.4, 0.5) is 8.78 Å². The molecule has 0 radical (unpaired) electrons. The van der Waals surface area contributed by atoms with Gasteiger partial charge < -0.3 is 19.3 Å². The number of hydrogen-bond acceptors (Lipinski definition) is 6. The van der Waals surface area contributed by atoms with Crippen molar-refractivity contribution in [1.29, 1.82) is 0 Å². The molecule has 10 heteroatoms. The Labute approximate surface area is 240 Å². The maximum absolute atomic E-state index is 16.6. The molecule has 1 saturated heterocycles. The van der Waals surface area contributed by atoms with Gasteiger partial charge in [-0.2, -0.15) is 0 Å². The number of methoxy groups -OCH3 is 1. The zero-order chi connectivity index (χ0) is 29.2. The van der Waals surface area contributed by atoms with Crippen LogP contribution in [-0.2, 0) is 24.7 Å². The summed E-state index contributed by atoms with van der Waals surface area (Å²) in [6.07, 6.45) is -4.49. The molecule has 214 valence electrons. The maximum Gasteiger partial charge on any atom is 0.286 e. The third-order valence-electron chi connectivity index (χ3n) is 7.58. The first-order chi connectivity index (χ1) is 19.8. The minimum Gasteiger partial charge on any atom is -0.497 e. The summed E-state index contributed by atoms with van der Waals surface area (Å²) in [7, 11) is 1.54. The lowest BCUT2D eigenvalue weighted by Gasteiger charge is -2.42. The van der Waals surface area contributed by atoms with Crippen molar-refractivity contribution in [1.82, 2.24) is 5.32 Å². The van der Waals surface area contributed by atoms with Gasteiger partial charge in [0.1, 0.15) is 29.2 Å². The topological polar surface area (TPSA) is 94.1 Å². The number of carbonyl (C=O) groups is 2. The molecule has 1 fully saturated rings. The van der Waals surface area contributed by atoms with Gasteiger partial charge in [0.2, 0.25) is 5.91 Å². The highest BCUT2D eigenvalue weighted by atomic mass is 35.5. The Hall–Kier alpha value is -3.63. The fraction of sp³-hybridized carbons (Fsp3) is 0.290. The number of nitrogens with one attached hydrogen (secondary N) is 1. The third-order valence-corrected chi connectivity index (χ3v) is 8.04. The number of rotatable bonds is 9. The summed E-state index contributed by atoms with van der Waals surface area (Å²) in [5, 5.41) is 12.4. The zero-order valence-corrected chi connectivity index (χ0v) is 22.8. The van der Waals surface area contributed by atoms with Crippen molar-refractivity contribution < 1.29 is 37.7 Å². The van der Waals surface area contributed by atoms with Gasteiger partial charge in [-0.25, -0.2) is 8.78 Å². The second-order valence-corrected chi connectivity index (χ2v) is 10.2. The molecule has 3 aromatic carbocycles. The number of carbonyl (C=O) groups excluding carboxylic acids is 2. The largest absolute Gasteiger partial charge is 0.497 e. The fourth-order valence-corrected chi connectivity index (χ4v) is 5.76. The first-order valence-corrected chi connectivity index (χ1v) is 13.5. The van der Waals surface area contributed by atoms with E-state index in [2.05, 4.69) is 0 Å². The lowest BCUT2D eigenvalue weighted by molar-refractivity contribution is -0.154. The minimum atomic E-state index is -2.07. The number of hydrogen-bond donors (Lipinski definition) is 2. The van der Waals surface area contributed by atoms with E-state index in [1.165, 1.54) is 0 Å². The molecule has 0 saturated carbocycles. The number of alkyl halides is 2. The average molecular weight is 584 g/mol. The lowest BCUT2D eigenvalue weighted by atomic mass is 9.79. The Morgan fingerprint density at radius 1 is 0.976 bits per heavy atom. The van der Waals surface area contributed by atoms with Gasteiger partial charge in [-0.3, -0.25) is 14.9 Å². The molecule has 41 heavy (non-hydrogen) atoms. The van der Waals surface area contributed by atoms with Crippen LogP contribution >= 0.6 is 11.6 Å². The summed E-state index contributed by atoms with van der Waals surface area (Å²) in [6.45, 7) is -0.764. The number of ether oxygens (including phenoxy) is 3. The Balaban J connectivity index is 1.69. The Morgan fingerprint density at radius 3 is 2.05 bits per heavy atom. The number of halogens is 3. The van der Waals surface area contributed by atoms with Crippen LogP contribution in [0, 0.1) is 5.92 Å². The summed E-state index contributed by atoms with van der Waals surface area (Å²) in [5.41, 5.74) is -1.39. The molecule has 2 heterocycles. The van der Waals surface area contributed by atoms with E-state index in [9.17, 15) is 19.1 Å². The molecular weight excluding hydrogens is 556 g/mol. The molecule has 5 atom stereocenters. The van der Waals surface area contributed by atoms with Gasteiger partial charge in [-0.15, -0.1) is 11.6 Å². The molecule has 2 N–H and O–H groups in total. The smallest absolute Gasteiger partial charge is 0.286 e. The second-order valence-electron chi connectivity index (χ2n) is 9.92. The summed E-state index contributed by atoms with van der Waals surface area (Å²) in [5.74, 6) is -4.71. The van der Waals surface area contributed by atoms with Gasteiger partial charge in [0, 0.05) is 0 Å².